The van der Waals surface area contributed by atoms with E-state index in [0.29, 0.717) is 5.69 Å². The molecule has 110 valence electrons. The zero-order chi connectivity index (χ0) is 14.9. The zero-order valence-corrected chi connectivity index (χ0v) is 12.2. The minimum Gasteiger partial charge on any atom is -0.348 e. The third kappa shape index (κ3) is 2.37. The molecule has 1 aromatic carbocycles. The van der Waals surface area contributed by atoms with Crippen LogP contribution in [0.5, 0.6) is 0 Å². The van der Waals surface area contributed by atoms with Crippen molar-refractivity contribution in [1.29, 1.82) is 0 Å². The molecule has 0 spiro atoms. The summed E-state index contributed by atoms with van der Waals surface area (Å²) in [6.07, 6.45) is 6.58. The smallest absolute Gasteiger partial charge is 0.271 e. The Morgan fingerprint density at radius 1 is 1.14 bits per heavy atom. The maximum absolute atomic E-state index is 12.4. The molecule has 0 aliphatic heterocycles. The lowest BCUT2D eigenvalue weighted by atomic mass is 9.88. The number of pyridine rings is 1. The Balaban J connectivity index is 1.50. The molecule has 0 bridgehead atoms. The fourth-order valence-corrected chi connectivity index (χ4v) is 3.12. The van der Waals surface area contributed by atoms with E-state index in [-0.39, 0.29) is 11.9 Å². The van der Waals surface area contributed by atoms with Gasteiger partial charge in [0.1, 0.15) is 11.3 Å². The van der Waals surface area contributed by atoms with Gasteiger partial charge in [0.15, 0.2) is 0 Å². The second-order valence-electron chi connectivity index (χ2n) is 5.77. The number of fused-ring (bicyclic) bond motifs is 2. The van der Waals surface area contributed by atoms with Gasteiger partial charge in [-0.25, -0.2) is 4.98 Å². The lowest BCUT2D eigenvalue weighted by Gasteiger charge is -2.25. The van der Waals surface area contributed by atoms with Crippen LogP contribution < -0.4 is 5.32 Å². The minimum atomic E-state index is -0.0897. The van der Waals surface area contributed by atoms with Crippen molar-refractivity contribution in [3.63, 3.8) is 0 Å². The van der Waals surface area contributed by atoms with Crippen LogP contribution in [0.3, 0.4) is 0 Å². The summed E-state index contributed by atoms with van der Waals surface area (Å²) in [6.45, 7) is 0. The van der Waals surface area contributed by atoms with Gasteiger partial charge in [-0.1, -0.05) is 30.3 Å². The molecule has 0 fully saturated rings. The standard InChI is InChI=1S/C18H17N3O/c22-18(16-12-21-10-4-3-7-17(21)20-16)19-15-9-8-13-5-1-2-6-14(13)11-15/h1-7,10,12,15H,8-9,11H2,(H,19,22). The van der Waals surface area contributed by atoms with Crippen LogP contribution in [0.25, 0.3) is 5.65 Å². The van der Waals surface area contributed by atoms with E-state index in [1.54, 1.807) is 6.20 Å². The third-order valence-electron chi connectivity index (χ3n) is 4.28. The number of hydrogen-bond acceptors (Lipinski definition) is 2. The number of rotatable bonds is 2. The first-order chi connectivity index (χ1) is 10.8. The van der Waals surface area contributed by atoms with Crippen molar-refractivity contribution in [2.75, 3.05) is 0 Å². The van der Waals surface area contributed by atoms with Crippen LogP contribution in [-0.4, -0.2) is 21.3 Å². The van der Waals surface area contributed by atoms with Gasteiger partial charge >= 0.3 is 0 Å². The molecular weight excluding hydrogens is 274 g/mol. The van der Waals surface area contributed by atoms with Crippen LogP contribution in [0.1, 0.15) is 28.0 Å². The number of hydrogen-bond donors (Lipinski definition) is 1. The van der Waals surface area contributed by atoms with Crippen LogP contribution in [0.2, 0.25) is 0 Å². The number of benzene rings is 1. The van der Waals surface area contributed by atoms with Crippen molar-refractivity contribution in [3.05, 3.63) is 71.7 Å². The Labute approximate surface area is 128 Å². The molecule has 1 atom stereocenters. The molecule has 0 saturated heterocycles. The number of nitrogens with zero attached hydrogens (tertiary/aromatic N) is 2. The second-order valence-corrected chi connectivity index (χ2v) is 5.77. The predicted molar refractivity (Wildman–Crippen MR) is 84.9 cm³/mol. The fourth-order valence-electron chi connectivity index (χ4n) is 3.12. The molecule has 3 aromatic rings. The number of aryl methyl sites for hydroxylation is 1. The second kappa shape index (κ2) is 5.30. The largest absolute Gasteiger partial charge is 0.348 e. The van der Waals surface area contributed by atoms with E-state index >= 15 is 0 Å². The average molecular weight is 291 g/mol. The summed E-state index contributed by atoms with van der Waals surface area (Å²) in [5.41, 5.74) is 4.02. The molecule has 4 heteroatoms. The van der Waals surface area contributed by atoms with Gasteiger partial charge in [-0.2, -0.15) is 0 Å². The van der Waals surface area contributed by atoms with E-state index in [1.807, 2.05) is 28.8 Å². The van der Waals surface area contributed by atoms with Crippen molar-refractivity contribution in [3.8, 4) is 0 Å². The summed E-state index contributed by atoms with van der Waals surface area (Å²) in [5, 5.41) is 3.12. The van der Waals surface area contributed by atoms with Crippen molar-refractivity contribution in [1.82, 2.24) is 14.7 Å². The van der Waals surface area contributed by atoms with Crippen LogP contribution in [0.4, 0.5) is 0 Å². The summed E-state index contributed by atoms with van der Waals surface area (Å²) < 4.78 is 1.87. The summed E-state index contributed by atoms with van der Waals surface area (Å²) in [6, 6.07) is 14.4. The SMILES string of the molecule is O=C(NC1CCc2ccccc2C1)c1cn2ccccc2n1. The van der Waals surface area contributed by atoms with Crippen molar-refractivity contribution in [2.45, 2.75) is 25.3 Å². The van der Waals surface area contributed by atoms with E-state index in [0.717, 1.165) is 24.9 Å². The van der Waals surface area contributed by atoms with Gasteiger partial charge in [-0.05, 0) is 42.5 Å². The number of nitrogens with one attached hydrogen (secondary N) is 1. The maximum Gasteiger partial charge on any atom is 0.271 e. The third-order valence-corrected chi connectivity index (χ3v) is 4.28. The molecule has 1 aliphatic carbocycles. The summed E-state index contributed by atoms with van der Waals surface area (Å²) in [5.74, 6) is -0.0897. The van der Waals surface area contributed by atoms with Gasteiger partial charge in [0.25, 0.3) is 5.91 Å². The number of imidazole rings is 1. The molecule has 4 nitrogen and oxygen atoms in total. The number of aromatic nitrogens is 2. The van der Waals surface area contributed by atoms with Gasteiger partial charge in [-0.3, -0.25) is 4.79 Å². The molecule has 2 heterocycles. The number of carbonyl (C=O) groups is 1. The zero-order valence-electron chi connectivity index (χ0n) is 12.2. The molecule has 4 rings (SSSR count). The topological polar surface area (TPSA) is 46.4 Å². The van der Waals surface area contributed by atoms with Gasteiger partial charge in [0.2, 0.25) is 0 Å². The van der Waals surface area contributed by atoms with Gasteiger partial charge < -0.3 is 9.72 Å². The Morgan fingerprint density at radius 3 is 2.82 bits per heavy atom. The molecule has 1 N–H and O–H groups in total. The maximum atomic E-state index is 12.4. The first-order valence-electron chi connectivity index (χ1n) is 7.61. The van der Waals surface area contributed by atoms with E-state index in [1.165, 1.54) is 11.1 Å². The molecule has 0 saturated carbocycles. The van der Waals surface area contributed by atoms with E-state index in [2.05, 4.69) is 34.6 Å². The van der Waals surface area contributed by atoms with Crippen molar-refractivity contribution in [2.24, 2.45) is 0 Å². The molecule has 22 heavy (non-hydrogen) atoms. The number of carbonyl (C=O) groups excluding carboxylic acids is 1. The number of amides is 1. The fraction of sp³-hybridized carbons (Fsp3) is 0.222. The van der Waals surface area contributed by atoms with Crippen LogP contribution in [0, 0.1) is 0 Å². The highest BCUT2D eigenvalue weighted by atomic mass is 16.2. The van der Waals surface area contributed by atoms with E-state index in [9.17, 15) is 4.79 Å². The van der Waals surface area contributed by atoms with Gasteiger partial charge in [0.05, 0.1) is 0 Å². The molecular formula is C18H17N3O. The quantitative estimate of drug-likeness (QED) is 0.789. The van der Waals surface area contributed by atoms with E-state index < -0.39 is 0 Å². The molecule has 1 aliphatic rings. The van der Waals surface area contributed by atoms with Gasteiger partial charge in [0, 0.05) is 18.4 Å². The highest BCUT2D eigenvalue weighted by molar-refractivity contribution is 5.93. The molecule has 0 radical (unpaired) electrons. The van der Waals surface area contributed by atoms with Crippen LogP contribution in [0.15, 0.2) is 54.9 Å². The normalized spacial score (nSPS) is 17.2. The van der Waals surface area contributed by atoms with Crippen molar-refractivity contribution < 1.29 is 4.79 Å². The molecule has 2 aromatic heterocycles. The average Bonchev–Trinajstić information content (AvgIpc) is 2.99. The summed E-state index contributed by atoms with van der Waals surface area (Å²) in [4.78, 5) is 16.8. The minimum absolute atomic E-state index is 0.0897. The highest BCUT2D eigenvalue weighted by Gasteiger charge is 2.21. The molecule has 1 amide bonds. The van der Waals surface area contributed by atoms with Crippen LogP contribution in [-0.2, 0) is 12.8 Å². The van der Waals surface area contributed by atoms with Crippen LogP contribution >= 0.6 is 0 Å². The monoisotopic (exact) mass is 291 g/mol. The summed E-state index contributed by atoms with van der Waals surface area (Å²) >= 11 is 0. The lowest BCUT2D eigenvalue weighted by Crippen LogP contribution is -2.39. The Bertz CT molecular complexity index is 804. The Kier molecular flexibility index (Phi) is 3.15. The summed E-state index contributed by atoms with van der Waals surface area (Å²) in [7, 11) is 0. The molecule has 1 unspecified atom stereocenters. The Hall–Kier alpha value is -2.62. The Morgan fingerprint density at radius 2 is 1.95 bits per heavy atom. The van der Waals surface area contributed by atoms with E-state index in [4.69, 9.17) is 0 Å². The van der Waals surface area contributed by atoms with Gasteiger partial charge in [-0.15, -0.1) is 0 Å². The van der Waals surface area contributed by atoms with Crippen molar-refractivity contribution >= 4 is 11.6 Å². The first kappa shape index (κ1) is 13.1. The first-order valence-corrected chi connectivity index (χ1v) is 7.61. The lowest BCUT2D eigenvalue weighted by molar-refractivity contribution is 0.0929. The predicted octanol–water partition coefficient (Wildman–Crippen LogP) is 2.62. The highest BCUT2D eigenvalue weighted by Crippen LogP contribution is 2.21.